The quantitative estimate of drug-likeness (QED) is 0.704. The van der Waals surface area contributed by atoms with Gasteiger partial charge < -0.3 is 5.11 Å². The molecule has 0 radical (unpaired) electrons. The molecule has 1 fully saturated rings. The van der Waals surface area contributed by atoms with Crippen molar-refractivity contribution in [2.45, 2.75) is 43.5 Å². The van der Waals surface area contributed by atoms with E-state index in [9.17, 15) is 13.5 Å². The molecule has 4 nitrogen and oxygen atoms in total. The summed E-state index contributed by atoms with van der Waals surface area (Å²) in [7, 11) is -3.17. The van der Waals surface area contributed by atoms with Gasteiger partial charge in [-0.2, -0.15) is 0 Å². The minimum absolute atomic E-state index is 0.140. The van der Waals surface area contributed by atoms with Gasteiger partial charge in [0.1, 0.15) is 0 Å². The number of aryl methyl sites for hydroxylation is 1. The van der Waals surface area contributed by atoms with Crippen LogP contribution in [0.2, 0.25) is 5.02 Å². The Morgan fingerprint density at radius 1 is 1.10 bits per heavy atom. The number of benzene rings is 2. The molecule has 1 heterocycles. The van der Waals surface area contributed by atoms with Crippen molar-refractivity contribution in [1.29, 1.82) is 0 Å². The zero-order chi connectivity index (χ0) is 21.3. The zero-order valence-electron chi connectivity index (χ0n) is 17.4. The molecule has 158 valence electrons. The molecule has 6 heteroatoms. The molecule has 1 aliphatic rings. The Labute approximate surface area is 179 Å². The van der Waals surface area contributed by atoms with Crippen molar-refractivity contribution in [2.24, 2.45) is 5.41 Å². The first-order valence-electron chi connectivity index (χ1n) is 9.97. The van der Waals surface area contributed by atoms with E-state index < -0.39 is 9.84 Å². The summed E-state index contributed by atoms with van der Waals surface area (Å²) in [6.45, 7) is 6.35. The average molecular weight is 436 g/mol. The molecule has 0 unspecified atom stereocenters. The van der Waals surface area contributed by atoms with Gasteiger partial charge in [0.2, 0.25) is 0 Å². The fourth-order valence-electron chi connectivity index (χ4n) is 4.18. The van der Waals surface area contributed by atoms with Crippen LogP contribution in [0.15, 0.2) is 53.4 Å². The van der Waals surface area contributed by atoms with Crippen molar-refractivity contribution < 1.29 is 13.5 Å². The molecule has 0 saturated carbocycles. The summed E-state index contributed by atoms with van der Waals surface area (Å²) in [6.07, 6.45) is 3.86. The van der Waals surface area contributed by atoms with E-state index in [0.29, 0.717) is 4.90 Å². The maximum Gasteiger partial charge on any atom is 0.175 e. The molecule has 1 atom stereocenters. The van der Waals surface area contributed by atoms with E-state index in [4.69, 9.17) is 11.6 Å². The standard InChI is InChI=1S/C23H30ClNO3S/c1-22(2,19-6-8-20(24)9-7-19)25-15-14-23(16-25,17-26)13-12-18-4-10-21(11-5-18)29(3,27)28/h4-11,26H,12-17H2,1-3H3/t23-/m1/s1. The third-order valence-electron chi connectivity index (χ3n) is 6.41. The van der Waals surface area contributed by atoms with Gasteiger partial charge in [0, 0.05) is 35.4 Å². The molecule has 2 aromatic rings. The summed E-state index contributed by atoms with van der Waals surface area (Å²) in [5.41, 5.74) is 2.03. The fraction of sp³-hybridized carbons (Fsp3) is 0.478. The number of nitrogens with zero attached hydrogens (tertiary/aromatic N) is 1. The van der Waals surface area contributed by atoms with Gasteiger partial charge >= 0.3 is 0 Å². The molecule has 3 rings (SSSR count). The predicted molar refractivity (Wildman–Crippen MR) is 118 cm³/mol. The topological polar surface area (TPSA) is 57.6 Å². The van der Waals surface area contributed by atoms with Crippen LogP contribution in [-0.4, -0.2) is 44.4 Å². The second kappa shape index (κ2) is 8.38. The SMILES string of the molecule is CC(C)(c1ccc(Cl)cc1)N1CC[C@](CO)(CCc2ccc(S(C)(=O)=O)cc2)C1. The highest BCUT2D eigenvalue weighted by Crippen LogP contribution is 2.41. The van der Waals surface area contributed by atoms with Crippen LogP contribution in [0.5, 0.6) is 0 Å². The van der Waals surface area contributed by atoms with Crippen molar-refractivity contribution in [3.8, 4) is 0 Å². The van der Waals surface area contributed by atoms with Crippen LogP contribution >= 0.6 is 11.6 Å². The Morgan fingerprint density at radius 3 is 2.28 bits per heavy atom. The van der Waals surface area contributed by atoms with Gasteiger partial charge in [0.25, 0.3) is 0 Å². The Morgan fingerprint density at radius 2 is 1.72 bits per heavy atom. The van der Waals surface area contributed by atoms with Crippen molar-refractivity contribution >= 4 is 21.4 Å². The fourth-order valence-corrected chi connectivity index (χ4v) is 4.93. The Kier molecular flexibility index (Phi) is 6.44. The lowest BCUT2D eigenvalue weighted by molar-refractivity contribution is 0.0872. The number of sulfone groups is 1. The Balaban J connectivity index is 1.68. The first kappa shape index (κ1) is 22.3. The molecule has 0 aliphatic carbocycles. The van der Waals surface area contributed by atoms with Crippen molar-refractivity contribution in [1.82, 2.24) is 4.90 Å². The third-order valence-corrected chi connectivity index (χ3v) is 7.79. The smallest absolute Gasteiger partial charge is 0.175 e. The van der Waals surface area contributed by atoms with Crippen LogP contribution in [0.4, 0.5) is 0 Å². The summed E-state index contributed by atoms with van der Waals surface area (Å²) >= 11 is 6.04. The van der Waals surface area contributed by atoms with E-state index in [1.54, 1.807) is 12.1 Å². The third kappa shape index (κ3) is 5.02. The number of hydrogen-bond donors (Lipinski definition) is 1. The second-order valence-electron chi connectivity index (χ2n) is 8.81. The summed E-state index contributed by atoms with van der Waals surface area (Å²) in [6, 6.07) is 15.1. The molecular formula is C23H30ClNO3S. The molecule has 1 aliphatic heterocycles. The number of hydrogen-bond acceptors (Lipinski definition) is 4. The van der Waals surface area contributed by atoms with Crippen molar-refractivity contribution in [3.63, 3.8) is 0 Å². The predicted octanol–water partition coefficient (Wildman–Crippen LogP) is 4.30. The van der Waals surface area contributed by atoms with Crippen LogP contribution in [0.25, 0.3) is 0 Å². The van der Waals surface area contributed by atoms with Gasteiger partial charge in [-0.1, -0.05) is 35.9 Å². The highest BCUT2D eigenvalue weighted by Gasteiger charge is 2.42. The van der Waals surface area contributed by atoms with Crippen molar-refractivity contribution in [3.05, 3.63) is 64.7 Å². The number of aliphatic hydroxyl groups excluding tert-OH is 1. The lowest BCUT2D eigenvalue weighted by Crippen LogP contribution is -2.42. The largest absolute Gasteiger partial charge is 0.396 e. The molecule has 29 heavy (non-hydrogen) atoms. The van der Waals surface area contributed by atoms with Crippen molar-refractivity contribution in [2.75, 3.05) is 26.0 Å². The van der Waals surface area contributed by atoms with Crippen LogP contribution < -0.4 is 0 Å². The van der Waals surface area contributed by atoms with Crippen LogP contribution in [0.1, 0.15) is 37.8 Å². The second-order valence-corrected chi connectivity index (χ2v) is 11.3. The molecule has 0 amide bonds. The summed E-state index contributed by atoms with van der Waals surface area (Å²) in [4.78, 5) is 2.79. The van der Waals surface area contributed by atoms with E-state index in [0.717, 1.165) is 42.9 Å². The van der Waals surface area contributed by atoms with Gasteiger partial charge in [-0.15, -0.1) is 0 Å². The molecule has 2 aromatic carbocycles. The van der Waals surface area contributed by atoms with Crippen LogP contribution in [0.3, 0.4) is 0 Å². The monoisotopic (exact) mass is 435 g/mol. The van der Waals surface area contributed by atoms with Gasteiger partial charge in [-0.3, -0.25) is 4.90 Å². The minimum Gasteiger partial charge on any atom is -0.396 e. The van der Waals surface area contributed by atoms with E-state index >= 15 is 0 Å². The zero-order valence-corrected chi connectivity index (χ0v) is 18.9. The van der Waals surface area contributed by atoms with Gasteiger partial charge in [0.05, 0.1) is 4.90 Å². The number of aliphatic hydroxyl groups is 1. The number of halogens is 1. The van der Waals surface area contributed by atoms with E-state index in [-0.39, 0.29) is 17.6 Å². The van der Waals surface area contributed by atoms with Crippen LogP contribution in [0, 0.1) is 5.41 Å². The van der Waals surface area contributed by atoms with Crippen LogP contribution in [-0.2, 0) is 21.8 Å². The molecule has 0 bridgehead atoms. The normalized spacial score (nSPS) is 20.9. The summed E-state index contributed by atoms with van der Waals surface area (Å²) in [5, 5.41) is 10.9. The molecule has 1 saturated heterocycles. The number of rotatable bonds is 7. The Hall–Kier alpha value is -1.40. The average Bonchev–Trinajstić information content (AvgIpc) is 3.12. The van der Waals surface area contributed by atoms with E-state index in [2.05, 4.69) is 30.9 Å². The highest BCUT2D eigenvalue weighted by atomic mass is 35.5. The van der Waals surface area contributed by atoms with Gasteiger partial charge in [-0.05, 0) is 75.0 Å². The molecule has 0 spiro atoms. The minimum atomic E-state index is -3.17. The van der Waals surface area contributed by atoms with Gasteiger partial charge in [-0.25, -0.2) is 8.42 Å². The molecular weight excluding hydrogens is 406 g/mol. The first-order valence-corrected chi connectivity index (χ1v) is 12.2. The first-order chi connectivity index (χ1) is 13.6. The van der Waals surface area contributed by atoms with E-state index in [1.165, 1.54) is 11.8 Å². The Bertz CT molecular complexity index is 939. The van der Waals surface area contributed by atoms with E-state index in [1.807, 2.05) is 24.3 Å². The van der Waals surface area contributed by atoms with Gasteiger partial charge in [0.15, 0.2) is 9.84 Å². The molecule has 0 aromatic heterocycles. The molecule has 1 N–H and O–H groups in total. The maximum absolute atomic E-state index is 11.6. The summed E-state index contributed by atoms with van der Waals surface area (Å²) < 4.78 is 23.3. The lowest BCUT2D eigenvalue weighted by Gasteiger charge is -2.38. The lowest BCUT2D eigenvalue weighted by atomic mass is 9.81. The maximum atomic E-state index is 11.6. The summed E-state index contributed by atoms with van der Waals surface area (Å²) in [5.74, 6) is 0. The number of likely N-dealkylation sites (tertiary alicyclic amines) is 1. The highest BCUT2D eigenvalue weighted by molar-refractivity contribution is 7.90.